The van der Waals surface area contributed by atoms with Crippen molar-refractivity contribution in [2.75, 3.05) is 17.7 Å². The molecular weight excluding hydrogens is 234 g/mol. The Morgan fingerprint density at radius 3 is 2.11 bits per heavy atom. The number of nitrogens with two attached hydrogens (primary N) is 1. The molecule has 0 bridgehead atoms. The van der Waals surface area contributed by atoms with Gasteiger partial charge in [0.2, 0.25) is 5.91 Å². The van der Waals surface area contributed by atoms with Gasteiger partial charge in [0.05, 0.1) is 12.6 Å². The number of ether oxygens (including phenoxy) is 1. The van der Waals surface area contributed by atoms with Gasteiger partial charge in [-0.05, 0) is 37.1 Å². The van der Waals surface area contributed by atoms with Gasteiger partial charge in [-0.15, -0.1) is 0 Å². The van der Waals surface area contributed by atoms with Gasteiger partial charge in [0, 0.05) is 11.4 Å². The van der Waals surface area contributed by atoms with E-state index >= 15 is 0 Å². The van der Waals surface area contributed by atoms with E-state index in [1.807, 2.05) is 0 Å². The Kier molecular flexibility index (Phi) is 3.20. The molecule has 0 aliphatic heterocycles. The lowest BCUT2D eigenvalue weighted by Crippen LogP contribution is -2.37. The van der Waals surface area contributed by atoms with Crippen molar-refractivity contribution in [1.82, 2.24) is 0 Å². The monoisotopic (exact) mass is 249 g/mol. The highest BCUT2D eigenvalue weighted by atomic mass is 16.5. The van der Waals surface area contributed by atoms with Crippen LogP contribution < -0.4 is 16.4 Å². The summed E-state index contributed by atoms with van der Waals surface area (Å²) in [5, 5.41) is 5.25. The fourth-order valence-electron chi connectivity index (χ4n) is 1.42. The SMILES string of the molecule is COC(=O)Nc1ccc(NC(=O)C2(N)CC2)cc1. The van der Waals surface area contributed by atoms with Gasteiger partial charge in [-0.1, -0.05) is 0 Å². The summed E-state index contributed by atoms with van der Waals surface area (Å²) >= 11 is 0. The molecule has 18 heavy (non-hydrogen) atoms. The summed E-state index contributed by atoms with van der Waals surface area (Å²) < 4.78 is 4.47. The molecule has 1 aliphatic carbocycles. The van der Waals surface area contributed by atoms with E-state index in [0.717, 1.165) is 12.8 Å². The molecule has 4 N–H and O–H groups in total. The third-order valence-electron chi connectivity index (χ3n) is 2.82. The zero-order valence-electron chi connectivity index (χ0n) is 10.0. The Balaban J connectivity index is 1.95. The predicted octanol–water partition coefficient (Wildman–Crippen LogP) is 1.29. The zero-order valence-corrected chi connectivity index (χ0v) is 10.0. The van der Waals surface area contributed by atoms with Crippen molar-refractivity contribution in [2.45, 2.75) is 18.4 Å². The summed E-state index contributed by atoms with van der Waals surface area (Å²) in [6.45, 7) is 0. The molecule has 0 heterocycles. The molecule has 0 radical (unpaired) electrons. The lowest BCUT2D eigenvalue weighted by Gasteiger charge is -2.10. The van der Waals surface area contributed by atoms with Crippen LogP contribution in [0.1, 0.15) is 12.8 Å². The number of rotatable bonds is 3. The van der Waals surface area contributed by atoms with Crippen LogP contribution >= 0.6 is 0 Å². The standard InChI is InChI=1S/C12H15N3O3/c1-18-11(17)15-9-4-2-8(3-5-9)14-10(16)12(13)6-7-12/h2-5H,6-7,13H2,1H3,(H,14,16)(H,15,17). The fourth-order valence-corrected chi connectivity index (χ4v) is 1.42. The molecular formula is C12H15N3O3. The number of carbonyl (C=O) groups excluding carboxylic acids is 2. The van der Waals surface area contributed by atoms with E-state index in [9.17, 15) is 9.59 Å². The maximum absolute atomic E-state index is 11.7. The second-order valence-corrected chi connectivity index (χ2v) is 4.30. The van der Waals surface area contributed by atoms with E-state index in [1.54, 1.807) is 24.3 Å². The van der Waals surface area contributed by atoms with Crippen LogP contribution in [0.5, 0.6) is 0 Å². The summed E-state index contributed by atoms with van der Waals surface area (Å²) in [5.41, 5.74) is 6.31. The van der Waals surface area contributed by atoms with Crippen LogP contribution in [0.2, 0.25) is 0 Å². The van der Waals surface area contributed by atoms with Crippen molar-refractivity contribution in [3.05, 3.63) is 24.3 Å². The maximum Gasteiger partial charge on any atom is 0.411 e. The smallest absolute Gasteiger partial charge is 0.411 e. The lowest BCUT2D eigenvalue weighted by atomic mass is 10.2. The van der Waals surface area contributed by atoms with Crippen molar-refractivity contribution in [2.24, 2.45) is 5.73 Å². The normalized spacial score (nSPS) is 15.7. The highest BCUT2D eigenvalue weighted by molar-refractivity contribution is 6.00. The first-order valence-corrected chi connectivity index (χ1v) is 5.59. The van der Waals surface area contributed by atoms with Gasteiger partial charge in [-0.25, -0.2) is 4.79 Å². The summed E-state index contributed by atoms with van der Waals surface area (Å²) in [6.07, 6.45) is 0.910. The summed E-state index contributed by atoms with van der Waals surface area (Å²) in [5.74, 6) is -0.170. The molecule has 0 spiro atoms. The van der Waals surface area contributed by atoms with Gasteiger partial charge in [0.15, 0.2) is 0 Å². The Morgan fingerprint density at radius 1 is 1.17 bits per heavy atom. The topological polar surface area (TPSA) is 93.5 Å². The predicted molar refractivity (Wildman–Crippen MR) is 67.3 cm³/mol. The Morgan fingerprint density at radius 2 is 1.67 bits per heavy atom. The number of methoxy groups -OCH3 is 1. The quantitative estimate of drug-likeness (QED) is 0.752. The first kappa shape index (κ1) is 12.4. The van der Waals surface area contributed by atoms with Gasteiger partial charge >= 0.3 is 6.09 Å². The van der Waals surface area contributed by atoms with E-state index in [1.165, 1.54) is 7.11 Å². The number of amides is 2. The molecule has 0 unspecified atom stereocenters. The number of hydrogen-bond acceptors (Lipinski definition) is 4. The van der Waals surface area contributed by atoms with Crippen LogP contribution in [0, 0.1) is 0 Å². The van der Waals surface area contributed by atoms with Crippen LogP contribution in [0.25, 0.3) is 0 Å². The van der Waals surface area contributed by atoms with Gasteiger partial charge in [-0.2, -0.15) is 0 Å². The summed E-state index contributed by atoms with van der Waals surface area (Å²) in [7, 11) is 1.29. The van der Waals surface area contributed by atoms with Crippen molar-refractivity contribution < 1.29 is 14.3 Å². The molecule has 2 rings (SSSR count). The van der Waals surface area contributed by atoms with Gasteiger partial charge in [-0.3, -0.25) is 10.1 Å². The van der Waals surface area contributed by atoms with Crippen LogP contribution in [0.15, 0.2) is 24.3 Å². The molecule has 1 aromatic carbocycles. The minimum absolute atomic E-state index is 0.170. The number of carbonyl (C=O) groups is 2. The third kappa shape index (κ3) is 2.78. The van der Waals surface area contributed by atoms with E-state index < -0.39 is 11.6 Å². The molecule has 0 aromatic heterocycles. The van der Waals surface area contributed by atoms with Gasteiger partial charge < -0.3 is 15.8 Å². The van der Waals surface area contributed by atoms with E-state index in [-0.39, 0.29) is 5.91 Å². The third-order valence-corrected chi connectivity index (χ3v) is 2.82. The van der Waals surface area contributed by atoms with Crippen molar-refractivity contribution in [1.29, 1.82) is 0 Å². The van der Waals surface area contributed by atoms with Crippen molar-refractivity contribution in [3.63, 3.8) is 0 Å². The molecule has 2 amide bonds. The Hall–Kier alpha value is -2.08. The summed E-state index contributed by atoms with van der Waals surface area (Å²) in [4.78, 5) is 22.6. The molecule has 1 fully saturated rings. The molecule has 0 saturated heterocycles. The average molecular weight is 249 g/mol. The lowest BCUT2D eigenvalue weighted by molar-refractivity contribution is -0.118. The highest BCUT2D eigenvalue weighted by Gasteiger charge is 2.45. The average Bonchev–Trinajstić information content (AvgIpc) is 3.11. The zero-order chi connectivity index (χ0) is 13.2. The molecule has 96 valence electrons. The first-order chi connectivity index (χ1) is 8.53. The van der Waals surface area contributed by atoms with Crippen LogP contribution in [-0.4, -0.2) is 24.6 Å². The van der Waals surface area contributed by atoms with Crippen molar-refractivity contribution in [3.8, 4) is 0 Å². The Bertz CT molecular complexity index is 466. The van der Waals surface area contributed by atoms with E-state index in [4.69, 9.17) is 5.73 Å². The second kappa shape index (κ2) is 4.66. The summed E-state index contributed by atoms with van der Waals surface area (Å²) in [6, 6.07) is 6.72. The fraction of sp³-hybridized carbons (Fsp3) is 0.333. The molecule has 6 nitrogen and oxygen atoms in total. The Labute approximate surface area is 104 Å². The number of anilines is 2. The second-order valence-electron chi connectivity index (χ2n) is 4.30. The van der Waals surface area contributed by atoms with E-state index in [2.05, 4.69) is 15.4 Å². The molecule has 1 saturated carbocycles. The van der Waals surface area contributed by atoms with Crippen LogP contribution in [0.3, 0.4) is 0 Å². The minimum Gasteiger partial charge on any atom is -0.453 e. The van der Waals surface area contributed by atoms with Gasteiger partial charge in [0.25, 0.3) is 0 Å². The molecule has 1 aromatic rings. The first-order valence-electron chi connectivity index (χ1n) is 5.59. The molecule has 1 aliphatic rings. The largest absolute Gasteiger partial charge is 0.453 e. The highest BCUT2D eigenvalue weighted by Crippen LogP contribution is 2.33. The van der Waals surface area contributed by atoms with Gasteiger partial charge in [0.1, 0.15) is 0 Å². The van der Waals surface area contributed by atoms with Crippen molar-refractivity contribution >= 4 is 23.4 Å². The van der Waals surface area contributed by atoms with Crippen LogP contribution in [-0.2, 0) is 9.53 Å². The minimum atomic E-state index is -0.692. The molecule has 6 heteroatoms. The van der Waals surface area contributed by atoms with Crippen LogP contribution in [0.4, 0.5) is 16.2 Å². The number of hydrogen-bond donors (Lipinski definition) is 3. The number of benzene rings is 1. The molecule has 0 atom stereocenters. The number of nitrogens with one attached hydrogen (secondary N) is 2. The maximum atomic E-state index is 11.7. The van der Waals surface area contributed by atoms with E-state index in [0.29, 0.717) is 11.4 Å².